The van der Waals surface area contributed by atoms with Crippen LogP contribution < -0.4 is 10.1 Å². The van der Waals surface area contributed by atoms with Crippen LogP contribution in [0.4, 0.5) is 5.69 Å². The first-order valence-corrected chi connectivity index (χ1v) is 8.48. The van der Waals surface area contributed by atoms with Crippen molar-refractivity contribution in [3.63, 3.8) is 0 Å². The molecule has 0 aliphatic carbocycles. The number of Topliss-reactive ketones (excluding diaryl/α,β-unsaturated/α-hetero) is 1. The molecule has 1 aromatic rings. The number of hydrogen-bond acceptors (Lipinski definition) is 6. The van der Waals surface area contributed by atoms with E-state index in [1.165, 1.54) is 26.2 Å². The van der Waals surface area contributed by atoms with Crippen LogP contribution in [0.5, 0.6) is 11.5 Å². The Morgan fingerprint density at radius 3 is 2.65 bits per heavy atom. The number of ether oxygens (including phenoxy) is 1. The maximum Gasteiger partial charge on any atom is 0.315 e. The largest absolute Gasteiger partial charge is 0.500 e. The van der Waals surface area contributed by atoms with Gasteiger partial charge in [-0.15, -0.1) is 0 Å². The Labute approximate surface area is 156 Å². The fourth-order valence-electron chi connectivity index (χ4n) is 3.06. The predicted molar refractivity (Wildman–Crippen MR) is 100 cm³/mol. The summed E-state index contributed by atoms with van der Waals surface area (Å²) in [6.45, 7) is 5.90. The van der Waals surface area contributed by atoms with E-state index < -0.39 is 22.4 Å². The number of nitrogens with one attached hydrogen (secondary N) is 1. The second-order valence-electron chi connectivity index (χ2n) is 5.94. The molecule has 8 nitrogen and oxygen atoms in total. The van der Waals surface area contributed by atoms with Crippen molar-refractivity contribution in [2.45, 2.75) is 33.2 Å². The standard InChI is InChI=1S/C17H21N3O5S/c1-5-6-19-9(2)14(10(3)21)15(18-17(19)26)11-7-12(20(23)24)16(22)13(8-11)25-4/h7-8,15,22H,5-6H2,1-4H3,(H,18,26). The SMILES string of the molecule is CCCN1C(=S)NC(c2cc(OC)c(O)c([N+](=O)[O-])c2)C(C(C)=O)=C1C. The number of phenols is 1. The molecule has 0 bridgehead atoms. The summed E-state index contributed by atoms with van der Waals surface area (Å²) in [5.41, 5.74) is 1.09. The molecule has 1 heterocycles. The van der Waals surface area contributed by atoms with Crippen LogP contribution in [0.25, 0.3) is 0 Å². The van der Waals surface area contributed by atoms with E-state index in [1.807, 2.05) is 11.8 Å². The zero-order chi connectivity index (χ0) is 19.6. The van der Waals surface area contributed by atoms with Crippen LogP contribution in [0.15, 0.2) is 23.4 Å². The van der Waals surface area contributed by atoms with Crippen molar-refractivity contribution in [1.82, 2.24) is 10.2 Å². The average molecular weight is 379 g/mol. The third kappa shape index (κ3) is 3.48. The first kappa shape index (κ1) is 19.6. The third-order valence-corrected chi connectivity index (χ3v) is 4.59. The number of allylic oxidation sites excluding steroid dienone is 1. The smallest absolute Gasteiger partial charge is 0.315 e. The average Bonchev–Trinajstić information content (AvgIpc) is 2.57. The summed E-state index contributed by atoms with van der Waals surface area (Å²) in [6, 6.07) is 2.03. The monoisotopic (exact) mass is 379 g/mol. The van der Waals surface area contributed by atoms with E-state index in [1.54, 1.807) is 6.92 Å². The van der Waals surface area contributed by atoms with E-state index in [0.717, 1.165) is 6.42 Å². The van der Waals surface area contributed by atoms with Gasteiger partial charge in [0.25, 0.3) is 0 Å². The van der Waals surface area contributed by atoms with Crippen molar-refractivity contribution in [2.24, 2.45) is 0 Å². The molecule has 0 saturated heterocycles. The highest BCUT2D eigenvalue weighted by Crippen LogP contribution is 2.41. The van der Waals surface area contributed by atoms with Gasteiger partial charge in [-0.1, -0.05) is 6.92 Å². The van der Waals surface area contributed by atoms with Crippen molar-refractivity contribution in [1.29, 1.82) is 0 Å². The molecular weight excluding hydrogens is 358 g/mol. The lowest BCUT2D eigenvalue weighted by atomic mass is 9.92. The highest BCUT2D eigenvalue weighted by Gasteiger charge is 2.34. The molecule has 9 heteroatoms. The molecule has 26 heavy (non-hydrogen) atoms. The molecule has 1 unspecified atom stereocenters. The molecule has 0 radical (unpaired) electrons. The van der Waals surface area contributed by atoms with Crippen LogP contribution in [0, 0.1) is 10.1 Å². The number of hydrogen-bond donors (Lipinski definition) is 2. The Morgan fingerprint density at radius 1 is 1.50 bits per heavy atom. The highest BCUT2D eigenvalue weighted by molar-refractivity contribution is 7.80. The number of carbonyl (C=O) groups excluding carboxylic acids is 1. The lowest BCUT2D eigenvalue weighted by Crippen LogP contribution is -2.47. The lowest BCUT2D eigenvalue weighted by Gasteiger charge is -2.37. The van der Waals surface area contributed by atoms with Gasteiger partial charge in [-0.05, 0) is 44.1 Å². The molecule has 1 aliphatic heterocycles. The summed E-state index contributed by atoms with van der Waals surface area (Å²) in [5.74, 6) is -0.769. The van der Waals surface area contributed by atoms with Gasteiger partial charge in [0.15, 0.2) is 16.6 Å². The van der Waals surface area contributed by atoms with Crippen LogP contribution >= 0.6 is 12.2 Å². The van der Waals surface area contributed by atoms with E-state index in [4.69, 9.17) is 17.0 Å². The van der Waals surface area contributed by atoms with Gasteiger partial charge < -0.3 is 20.1 Å². The molecule has 0 fully saturated rings. The summed E-state index contributed by atoms with van der Waals surface area (Å²) in [5, 5.41) is 24.8. The molecule has 2 rings (SSSR count). The molecule has 2 N–H and O–H groups in total. The quantitative estimate of drug-likeness (QED) is 0.442. The molecule has 1 aliphatic rings. The van der Waals surface area contributed by atoms with Crippen LogP contribution in [-0.4, -0.2) is 39.5 Å². The van der Waals surface area contributed by atoms with Crippen LogP contribution in [0.2, 0.25) is 0 Å². The van der Waals surface area contributed by atoms with Crippen molar-refractivity contribution < 1.29 is 19.6 Å². The van der Waals surface area contributed by atoms with Crippen LogP contribution in [0.1, 0.15) is 38.8 Å². The Balaban J connectivity index is 2.66. The number of nitro benzene ring substituents is 1. The Hall–Kier alpha value is -2.68. The molecule has 0 amide bonds. The lowest BCUT2D eigenvalue weighted by molar-refractivity contribution is -0.386. The van der Waals surface area contributed by atoms with Crippen molar-refractivity contribution in [2.75, 3.05) is 13.7 Å². The van der Waals surface area contributed by atoms with Gasteiger partial charge in [0.05, 0.1) is 18.1 Å². The number of nitro groups is 1. The maximum absolute atomic E-state index is 12.3. The predicted octanol–water partition coefficient (Wildman–Crippen LogP) is 2.81. The second kappa shape index (κ2) is 7.69. The fraction of sp³-hybridized carbons (Fsp3) is 0.412. The molecule has 1 aromatic carbocycles. The third-order valence-electron chi connectivity index (χ3n) is 4.25. The molecule has 0 spiro atoms. The first-order valence-electron chi connectivity index (χ1n) is 8.07. The Bertz CT molecular complexity index is 806. The molecule has 140 valence electrons. The molecular formula is C17H21N3O5S. The maximum atomic E-state index is 12.3. The van der Waals surface area contributed by atoms with E-state index in [9.17, 15) is 20.0 Å². The highest BCUT2D eigenvalue weighted by atomic mass is 32.1. The van der Waals surface area contributed by atoms with E-state index in [2.05, 4.69) is 5.32 Å². The van der Waals surface area contributed by atoms with Gasteiger partial charge >= 0.3 is 5.69 Å². The Morgan fingerprint density at radius 2 is 2.15 bits per heavy atom. The van der Waals surface area contributed by atoms with Gasteiger partial charge in [-0.25, -0.2) is 0 Å². The van der Waals surface area contributed by atoms with Gasteiger partial charge in [0, 0.05) is 23.9 Å². The summed E-state index contributed by atoms with van der Waals surface area (Å²) >= 11 is 5.41. The van der Waals surface area contributed by atoms with Crippen LogP contribution in [-0.2, 0) is 4.79 Å². The first-order chi connectivity index (χ1) is 12.2. The summed E-state index contributed by atoms with van der Waals surface area (Å²) < 4.78 is 5.05. The molecule has 1 atom stereocenters. The fourth-order valence-corrected chi connectivity index (χ4v) is 3.40. The molecule has 0 saturated carbocycles. The van der Waals surface area contributed by atoms with Crippen LogP contribution in [0.3, 0.4) is 0 Å². The van der Waals surface area contributed by atoms with Crippen molar-refractivity contribution in [3.8, 4) is 11.5 Å². The van der Waals surface area contributed by atoms with E-state index in [-0.39, 0.29) is 11.5 Å². The second-order valence-corrected chi connectivity index (χ2v) is 6.32. The number of nitrogens with zero attached hydrogens (tertiary/aromatic N) is 2. The number of methoxy groups -OCH3 is 1. The number of phenolic OH excluding ortho intramolecular Hbond substituents is 1. The minimum Gasteiger partial charge on any atom is -0.500 e. The normalized spacial score (nSPS) is 17.2. The number of carbonyl (C=O) groups is 1. The van der Waals surface area contributed by atoms with Gasteiger partial charge in [-0.3, -0.25) is 14.9 Å². The summed E-state index contributed by atoms with van der Waals surface area (Å²) in [6.07, 6.45) is 0.841. The number of aromatic hydroxyl groups is 1. The van der Waals surface area contributed by atoms with Crippen molar-refractivity contribution in [3.05, 3.63) is 39.1 Å². The van der Waals surface area contributed by atoms with Gasteiger partial charge in [0.1, 0.15) is 0 Å². The van der Waals surface area contributed by atoms with E-state index in [0.29, 0.717) is 28.5 Å². The minimum atomic E-state index is -0.699. The minimum absolute atomic E-state index is 0.0431. The zero-order valence-corrected chi connectivity index (χ0v) is 15.8. The van der Waals surface area contributed by atoms with E-state index >= 15 is 0 Å². The number of rotatable bonds is 6. The zero-order valence-electron chi connectivity index (χ0n) is 15.0. The topological polar surface area (TPSA) is 105 Å². The number of benzene rings is 1. The molecule has 0 aromatic heterocycles. The van der Waals surface area contributed by atoms with Crippen molar-refractivity contribution >= 4 is 28.8 Å². The Kier molecular flexibility index (Phi) is 5.81. The number of thiocarbonyl (C=S) groups is 1. The van der Waals surface area contributed by atoms with Gasteiger partial charge in [-0.2, -0.15) is 0 Å². The summed E-state index contributed by atoms with van der Waals surface area (Å²) in [7, 11) is 1.30. The summed E-state index contributed by atoms with van der Waals surface area (Å²) in [4.78, 5) is 24.7. The number of ketones is 1. The van der Waals surface area contributed by atoms with Gasteiger partial charge in [0.2, 0.25) is 5.75 Å².